The molecule has 0 aromatic heterocycles. The molecule has 0 fully saturated rings. The number of benzene rings is 1. The Hall–Kier alpha value is -0.830. The number of rotatable bonds is 8. The Balaban J connectivity index is 2.06. The van der Waals surface area contributed by atoms with Gasteiger partial charge in [0.1, 0.15) is 5.75 Å². The molecule has 3 heteroatoms. The van der Waals surface area contributed by atoms with Gasteiger partial charge in [-0.1, -0.05) is 53.4 Å². The van der Waals surface area contributed by atoms with E-state index in [1.165, 1.54) is 19.3 Å². The first-order chi connectivity index (χ1) is 8.33. The molecular formula is C14H19BrO2. The molecule has 0 N–H and O–H groups in total. The van der Waals surface area contributed by atoms with Crippen molar-refractivity contribution in [3.8, 4) is 5.75 Å². The van der Waals surface area contributed by atoms with Crippen LogP contribution in [0.5, 0.6) is 5.75 Å². The number of hydrogen-bond donors (Lipinski definition) is 0. The third kappa shape index (κ3) is 7.16. The Labute approximate surface area is 111 Å². The zero-order valence-corrected chi connectivity index (χ0v) is 11.6. The second-order valence-corrected chi connectivity index (χ2v) is 4.79. The number of hydrogen-bond acceptors (Lipinski definition) is 2. The van der Waals surface area contributed by atoms with Crippen molar-refractivity contribution >= 4 is 21.9 Å². The molecule has 1 rings (SSSR count). The maximum absolute atomic E-state index is 11.5. The summed E-state index contributed by atoms with van der Waals surface area (Å²) in [5.74, 6) is 0.508. The molecule has 0 atom stereocenters. The van der Waals surface area contributed by atoms with E-state index in [0.29, 0.717) is 12.2 Å². The lowest BCUT2D eigenvalue weighted by atomic mass is 10.1. The van der Waals surface area contributed by atoms with E-state index < -0.39 is 0 Å². The van der Waals surface area contributed by atoms with Crippen molar-refractivity contribution in [1.82, 2.24) is 0 Å². The summed E-state index contributed by atoms with van der Waals surface area (Å²) < 4.78 is 5.20. The topological polar surface area (TPSA) is 26.3 Å². The third-order valence-electron chi connectivity index (χ3n) is 2.49. The maximum Gasteiger partial charge on any atom is 0.311 e. The van der Waals surface area contributed by atoms with Crippen LogP contribution in [-0.4, -0.2) is 11.3 Å². The van der Waals surface area contributed by atoms with E-state index in [9.17, 15) is 4.79 Å². The van der Waals surface area contributed by atoms with Crippen molar-refractivity contribution in [3.05, 3.63) is 30.3 Å². The molecular weight excluding hydrogens is 280 g/mol. The summed E-state index contributed by atoms with van der Waals surface area (Å²) in [5.41, 5.74) is 0. The van der Waals surface area contributed by atoms with Crippen LogP contribution in [0.4, 0.5) is 0 Å². The fraction of sp³-hybridized carbons (Fsp3) is 0.500. The highest BCUT2D eigenvalue weighted by atomic mass is 79.9. The number of carbonyl (C=O) groups excluding carboxylic acids is 1. The first kappa shape index (κ1) is 14.2. The van der Waals surface area contributed by atoms with Crippen molar-refractivity contribution in [2.75, 3.05) is 5.33 Å². The van der Waals surface area contributed by atoms with Gasteiger partial charge < -0.3 is 4.74 Å². The molecule has 0 unspecified atom stereocenters. The molecule has 1 aromatic rings. The standard InChI is InChI=1S/C14H19BrO2/c15-12-8-3-1-2-7-11-14(16)17-13-9-5-4-6-10-13/h4-6,9-10H,1-3,7-8,11-12H2. The Morgan fingerprint density at radius 2 is 1.65 bits per heavy atom. The predicted octanol–water partition coefficient (Wildman–Crippen LogP) is 4.33. The van der Waals surface area contributed by atoms with Crippen LogP contribution in [0.25, 0.3) is 0 Å². The Bertz CT molecular complexity index is 311. The number of ether oxygens (including phenoxy) is 1. The molecule has 0 aliphatic heterocycles. The van der Waals surface area contributed by atoms with Gasteiger partial charge in [0.05, 0.1) is 0 Å². The van der Waals surface area contributed by atoms with E-state index in [1.807, 2.05) is 18.2 Å². The summed E-state index contributed by atoms with van der Waals surface area (Å²) in [7, 11) is 0. The van der Waals surface area contributed by atoms with Crippen molar-refractivity contribution < 1.29 is 9.53 Å². The van der Waals surface area contributed by atoms with E-state index in [0.717, 1.165) is 18.2 Å². The SMILES string of the molecule is O=C(CCCCCCCBr)Oc1ccccc1. The molecule has 0 aliphatic carbocycles. The van der Waals surface area contributed by atoms with Gasteiger partial charge in [0.2, 0.25) is 0 Å². The van der Waals surface area contributed by atoms with Gasteiger partial charge in [0, 0.05) is 11.8 Å². The molecule has 0 amide bonds. The minimum absolute atomic E-state index is 0.128. The average molecular weight is 299 g/mol. The summed E-state index contributed by atoms with van der Waals surface area (Å²) >= 11 is 3.40. The van der Waals surface area contributed by atoms with Gasteiger partial charge in [0.15, 0.2) is 0 Å². The summed E-state index contributed by atoms with van der Waals surface area (Å²) in [5, 5.41) is 1.07. The van der Waals surface area contributed by atoms with E-state index in [-0.39, 0.29) is 5.97 Å². The number of halogens is 1. The smallest absolute Gasteiger partial charge is 0.311 e. The van der Waals surface area contributed by atoms with Gasteiger partial charge in [-0.05, 0) is 25.0 Å². The molecule has 17 heavy (non-hydrogen) atoms. The number of esters is 1. The number of unbranched alkanes of at least 4 members (excludes halogenated alkanes) is 4. The highest BCUT2D eigenvalue weighted by Crippen LogP contribution is 2.11. The van der Waals surface area contributed by atoms with Crippen LogP contribution in [-0.2, 0) is 4.79 Å². The van der Waals surface area contributed by atoms with E-state index in [4.69, 9.17) is 4.74 Å². The van der Waals surface area contributed by atoms with Crippen LogP contribution in [0.2, 0.25) is 0 Å². The van der Waals surface area contributed by atoms with Gasteiger partial charge >= 0.3 is 5.97 Å². The molecule has 94 valence electrons. The third-order valence-corrected chi connectivity index (χ3v) is 3.05. The van der Waals surface area contributed by atoms with Crippen LogP contribution >= 0.6 is 15.9 Å². The number of alkyl halides is 1. The molecule has 0 spiro atoms. The largest absolute Gasteiger partial charge is 0.427 e. The Kier molecular flexibility index (Phi) is 7.72. The van der Waals surface area contributed by atoms with E-state index >= 15 is 0 Å². The van der Waals surface area contributed by atoms with Crippen molar-refractivity contribution in [2.24, 2.45) is 0 Å². The first-order valence-corrected chi connectivity index (χ1v) is 7.27. The van der Waals surface area contributed by atoms with Crippen LogP contribution in [0, 0.1) is 0 Å². The molecule has 0 saturated carbocycles. The highest BCUT2D eigenvalue weighted by Gasteiger charge is 2.03. The second kappa shape index (κ2) is 9.23. The van der Waals surface area contributed by atoms with Gasteiger partial charge in [-0.25, -0.2) is 0 Å². The zero-order valence-electron chi connectivity index (χ0n) is 10.0. The Morgan fingerprint density at radius 1 is 1.00 bits per heavy atom. The molecule has 0 heterocycles. The maximum atomic E-state index is 11.5. The summed E-state index contributed by atoms with van der Waals surface area (Å²) in [6.07, 6.45) is 6.20. The first-order valence-electron chi connectivity index (χ1n) is 6.14. The monoisotopic (exact) mass is 298 g/mol. The van der Waals surface area contributed by atoms with Gasteiger partial charge in [0.25, 0.3) is 0 Å². The van der Waals surface area contributed by atoms with Gasteiger partial charge in [-0.3, -0.25) is 4.79 Å². The quantitative estimate of drug-likeness (QED) is 0.309. The minimum Gasteiger partial charge on any atom is -0.427 e. The predicted molar refractivity (Wildman–Crippen MR) is 73.6 cm³/mol. The highest BCUT2D eigenvalue weighted by molar-refractivity contribution is 9.09. The molecule has 0 aliphatic rings. The van der Waals surface area contributed by atoms with Crippen molar-refractivity contribution in [2.45, 2.75) is 38.5 Å². The van der Waals surface area contributed by atoms with Crippen LogP contribution in [0.3, 0.4) is 0 Å². The van der Waals surface area contributed by atoms with Gasteiger partial charge in [-0.15, -0.1) is 0 Å². The lowest BCUT2D eigenvalue weighted by Crippen LogP contribution is -2.07. The average Bonchev–Trinajstić information content (AvgIpc) is 2.35. The number of carbonyl (C=O) groups is 1. The summed E-state index contributed by atoms with van der Waals surface area (Å²) in [4.78, 5) is 11.5. The van der Waals surface area contributed by atoms with E-state index in [1.54, 1.807) is 12.1 Å². The molecule has 0 radical (unpaired) electrons. The van der Waals surface area contributed by atoms with Crippen molar-refractivity contribution in [1.29, 1.82) is 0 Å². The van der Waals surface area contributed by atoms with E-state index in [2.05, 4.69) is 15.9 Å². The summed E-state index contributed by atoms with van der Waals surface area (Å²) in [6, 6.07) is 9.23. The van der Waals surface area contributed by atoms with Crippen LogP contribution in [0.15, 0.2) is 30.3 Å². The normalized spacial score (nSPS) is 10.2. The number of para-hydroxylation sites is 1. The fourth-order valence-electron chi connectivity index (χ4n) is 1.57. The van der Waals surface area contributed by atoms with Crippen molar-refractivity contribution in [3.63, 3.8) is 0 Å². The van der Waals surface area contributed by atoms with Gasteiger partial charge in [-0.2, -0.15) is 0 Å². The molecule has 0 saturated heterocycles. The summed E-state index contributed by atoms with van der Waals surface area (Å²) in [6.45, 7) is 0. The molecule has 2 nitrogen and oxygen atoms in total. The Morgan fingerprint density at radius 3 is 2.35 bits per heavy atom. The lowest BCUT2D eigenvalue weighted by Gasteiger charge is -2.03. The second-order valence-electron chi connectivity index (χ2n) is 3.99. The van der Waals surface area contributed by atoms with Crippen LogP contribution < -0.4 is 4.74 Å². The fourth-order valence-corrected chi connectivity index (χ4v) is 1.96. The molecule has 0 bridgehead atoms. The zero-order chi connectivity index (χ0) is 12.3. The molecule has 1 aromatic carbocycles. The minimum atomic E-state index is -0.128. The lowest BCUT2D eigenvalue weighted by molar-refractivity contribution is -0.134. The van der Waals surface area contributed by atoms with Crippen LogP contribution in [0.1, 0.15) is 38.5 Å².